The second-order valence-electron chi connectivity index (χ2n) is 2.88. The van der Waals surface area contributed by atoms with Crippen molar-refractivity contribution in [3.05, 3.63) is 23.8 Å². The van der Waals surface area contributed by atoms with Gasteiger partial charge in [0.25, 0.3) is 0 Å². The second kappa shape index (κ2) is 3.80. The van der Waals surface area contributed by atoms with Crippen LogP contribution in [0.25, 0.3) is 0 Å². The van der Waals surface area contributed by atoms with E-state index in [2.05, 4.69) is 5.32 Å². The molecule has 1 rings (SSSR count). The van der Waals surface area contributed by atoms with E-state index >= 15 is 0 Å². The van der Waals surface area contributed by atoms with Crippen molar-refractivity contribution in [3.63, 3.8) is 0 Å². The van der Waals surface area contributed by atoms with E-state index in [1.165, 1.54) is 6.07 Å². The number of aromatic hydroxyl groups is 1. The van der Waals surface area contributed by atoms with Crippen LogP contribution in [0.1, 0.15) is 12.5 Å². The third-order valence-corrected chi connectivity index (χ3v) is 1.65. The number of alkyl halides is 3. The molecule has 2 N–H and O–H groups in total. The van der Waals surface area contributed by atoms with Crippen molar-refractivity contribution in [2.45, 2.75) is 13.1 Å². The highest BCUT2D eigenvalue weighted by atomic mass is 19.4. The minimum absolute atomic E-state index is 0.252. The van der Waals surface area contributed by atoms with Gasteiger partial charge in [0.1, 0.15) is 0 Å². The van der Waals surface area contributed by atoms with E-state index in [0.29, 0.717) is 0 Å². The molecular formula is C9H8F3NO2. The molecule has 0 radical (unpaired) electrons. The van der Waals surface area contributed by atoms with Gasteiger partial charge in [0, 0.05) is 6.92 Å². The molecule has 0 saturated heterocycles. The molecule has 15 heavy (non-hydrogen) atoms. The van der Waals surface area contributed by atoms with Crippen LogP contribution in [0.3, 0.4) is 0 Å². The molecule has 1 aromatic carbocycles. The Morgan fingerprint density at radius 1 is 1.40 bits per heavy atom. The van der Waals surface area contributed by atoms with Crippen LogP contribution in [0.2, 0.25) is 0 Å². The van der Waals surface area contributed by atoms with Crippen LogP contribution < -0.4 is 5.32 Å². The van der Waals surface area contributed by atoms with Crippen molar-refractivity contribution in [1.82, 2.24) is 0 Å². The summed E-state index contributed by atoms with van der Waals surface area (Å²) in [6, 6.07) is 3.03. The van der Waals surface area contributed by atoms with Gasteiger partial charge in [-0.05, 0) is 12.1 Å². The highest BCUT2D eigenvalue weighted by Crippen LogP contribution is 2.39. The number of carbonyl (C=O) groups is 1. The molecule has 0 aliphatic carbocycles. The summed E-state index contributed by atoms with van der Waals surface area (Å²) in [5, 5.41) is 11.3. The van der Waals surface area contributed by atoms with Crippen molar-refractivity contribution in [3.8, 4) is 5.75 Å². The lowest BCUT2D eigenvalue weighted by Gasteiger charge is -2.12. The van der Waals surface area contributed by atoms with Crippen LogP contribution in [0.15, 0.2) is 18.2 Å². The Bertz CT molecular complexity index is 387. The van der Waals surface area contributed by atoms with Crippen LogP contribution in [0, 0.1) is 0 Å². The monoisotopic (exact) mass is 219 g/mol. The standard InChI is InChI=1S/C9H8F3NO2/c1-5(14)13-7-4-2-3-6(8(7)15)9(10,11)12/h2-4,15H,1H3,(H,13,14). The minimum Gasteiger partial charge on any atom is -0.505 e. The molecule has 0 unspecified atom stereocenters. The SMILES string of the molecule is CC(=O)Nc1cccc(C(F)(F)F)c1O. The summed E-state index contributed by atoms with van der Waals surface area (Å²) >= 11 is 0. The first-order chi connectivity index (χ1) is 6.82. The van der Waals surface area contributed by atoms with E-state index in [-0.39, 0.29) is 5.69 Å². The van der Waals surface area contributed by atoms with Gasteiger partial charge >= 0.3 is 6.18 Å². The number of halogens is 3. The van der Waals surface area contributed by atoms with E-state index in [9.17, 15) is 23.1 Å². The van der Waals surface area contributed by atoms with Crippen LogP contribution in [-0.2, 0) is 11.0 Å². The molecule has 0 saturated carbocycles. The van der Waals surface area contributed by atoms with Crippen molar-refractivity contribution in [2.24, 2.45) is 0 Å². The molecule has 0 bridgehead atoms. The first-order valence-corrected chi connectivity index (χ1v) is 3.99. The van der Waals surface area contributed by atoms with E-state index < -0.39 is 23.4 Å². The minimum atomic E-state index is -4.64. The fourth-order valence-electron chi connectivity index (χ4n) is 1.06. The molecule has 0 aliphatic heterocycles. The average molecular weight is 219 g/mol. The van der Waals surface area contributed by atoms with Gasteiger partial charge in [0.15, 0.2) is 5.75 Å². The maximum atomic E-state index is 12.3. The van der Waals surface area contributed by atoms with Crippen molar-refractivity contribution in [1.29, 1.82) is 0 Å². The zero-order valence-electron chi connectivity index (χ0n) is 7.72. The normalized spacial score (nSPS) is 11.2. The Kier molecular flexibility index (Phi) is 2.88. The van der Waals surface area contributed by atoms with E-state index in [1.807, 2.05) is 0 Å². The number of hydrogen-bond donors (Lipinski definition) is 2. The summed E-state index contributed by atoms with van der Waals surface area (Å²) in [6.07, 6.45) is -4.64. The van der Waals surface area contributed by atoms with E-state index in [0.717, 1.165) is 19.1 Å². The summed E-state index contributed by atoms with van der Waals surface area (Å²) in [6.45, 7) is 1.14. The number of benzene rings is 1. The van der Waals surface area contributed by atoms with Gasteiger partial charge in [-0.1, -0.05) is 6.07 Å². The predicted molar refractivity (Wildman–Crippen MR) is 47.4 cm³/mol. The van der Waals surface area contributed by atoms with Crippen molar-refractivity contribution < 1.29 is 23.1 Å². The maximum Gasteiger partial charge on any atom is 0.420 e. The van der Waals surface area contributed by atoms with E-state index in [4.69, 9.17) is 0 Å². The Hall–Kier alpha value is -1.72. The number of para-hydroxylation sites is 1. The zero-order valence-corrected chi connectivity index (χ0v) is 7.72. The molecule has 1 amide bonds. The largest absolute Gasteiger partial charge is 0.505 e. The molecular weight excluding hydrogens is 211 g/mol. The average Bonchev–Trinajstić information content (AvgIpc) is 2.05. The van der Waals surface area contributed by atoms with Gasteiger partial charge in [-0.15, -0.1) is 0 Å². The number of amides is 1. The van der Waals surface area contributed by atoms with Gasteiger partial charge in [-0.25, -0.2) is 0 Å². The lowest BCUT2D eigenvalue weighted by atomic mass is 10.1. The van der Waals surface area contributed by atoms with Gasteiger partial charge < -0.3 is 10.4 Å². The van der Waals surface area contributed by atoms with Gasteiger partial charge in [0.2, 0.25) is 5.91 Å². The molecule has 0 aromatic heterocycles. The molecule has 6 heteroatoms. The Labute approximate surface area is 83.5 Å². The number of nitrogens with one attached hydrogen (secondary N) is 1. The number of rotatable bonds is 1. The summed E-state index contributed by atoms with van der Waals surface area (Å²) in [5.41, 5.74) is -1.42. The second-order valence-corrected chi connectivity index (χ2v) is 2.88. The van der Waals surface area contributed by atoms with Crippen molar-refractivity contribution in [2.75, 3.05) is 5.32 Å². The highest BCUT2D eigenvalue weighted by molar-refractivity contribution is 5.90. The van der Waals surface area contributed by atoms with Crippen LogP contribution >= 0.6 is 0 Å². The van der Waals surface area contributed by atoms with Gasteiger partial charge in [-0.3, -0.25) is 4.79 Å². The Morgan fingerprint density at radius 3 is 2.47 bits per heavy atom. The van der Waals surface area contributed by atoms with Crippen LogP contribution in [0.5, 0.6) is 5.75 Å². The highest BCUT2D eigenvalue weighted by Gasteiger charge is 2.34. The molecule has 0 fully saturated rings. The fourth-order valence-corrected chi connectivity index (χ4v) is 1.06. The van der Waals surface area contributed by atoms with Crippen LogP contribution in [-0.4, -0.2) is 11.0 Å². The molecule has 1 aromatic rings. The molecule has 0 spiro atoms. The van der Waals surface area contributed by atoms with Gasteiger partial charge in [-0.2, -0.15) is 13.2 Å². The molecule has 0 heterocycles. The molecule has 0 atom stereocenters. The van der Waals surface area contributed by atoms with Gasteiger partial charge in [0.05, 0.1) is 11.3 Å². The molecule has 82 valence electrons. The number of hydrogen-bond acceptors (Lipinski definition) is 2. The number of anilines is 1. The third-order valence-electron chi connectivity index (χ3n) is 1.65. The molecule has 0 aliphatic rings. The lowest BCUT2D eigenvalue weighted by Crippen LogP contribution is -2.10. The predicted octanol–water partition coefficient (Wildman–Crippen LogP) is 2.37. The smallest absolute Gasteiger partial charge is 0.420 e. The Balaban J connectivity index is 3.17. The first-order valence-electron chi connectivity index (χ1n) is 3.99. The Morgan fingerprint density at radius 2 is 2.00 bits per heavy atom. The quantitative estimate of drug-likeness (QED) is 0.712. The van der Waals surface area contributed by atoms with Crippen molar-refractivity contribution >= 4 is 11.6 Å². The third kappa shape index (κ3) is 2.61. The topological polar surface area (TPSA) is 49.3 Å². The number of phenolic OH excluding ortho intramolecular Hbond substituents is 1. The van der Waals surface area contributed by atoms with E-state index in [1.54, 1.807) is 0 Å². The zero-order chi connectivity index (χ0) is 11.6. The summed E-state index contributed by atoms with van der Waals surface area (Å²) in [5.74, 6) is -1.52. The number of carbonyl (C=O) groups excluding carboxylic acids is 1. The lowest BCUT2D eigenvalue weighted by molar-refractivity contribution is -0.138. The van der Waals surface area contributed by atoms with Crippen LogP contribution in [0.4, 0.5) is 18.9 Å². The summed E-state index contributed by atoms with van der Waals surface area (Å²) in [7, 11) is 0. The summed E-state index contributed by atoms with van der Waals surface area (Å²) in [4.78, 5) is 10.6. The molecule has 3 nitrogen and oxygen atoms in total. The number of phenols is 1. The maximum absolute atomic E-state index is 12.3. The first kappa shape index (κ1) is 11.4. The summed E-state index contributed by atoms with van der Waals surface area (Å²) < 4.78 is 36.9. The fraction of sp³-hybridized carbons (Fsp3) is 0.222.